The average molecular weight is 284 g/mol. The highest BCUT2D eigenvalue weighted by Crippen LogP contribution is 2.31. The Morgan fingerprint density at radius 2 is 2.00 bits per heavy atom. The van der Waals surface area contributed by atoms with Gasteiger partial charge in [-0.05, 0) is 30.0 Å². The first kappa shape index (κ1) is 13.1. The molecule has 0 saturated carbocycles. The lowest BCUT2D eigenvalue weighted by Gasteiger charge is -2.30. The summed E-state index contributed by atoms with van der Waals surface area (Å²) in [4.78, 5) is 4.42. The molecule has 2 N–H and O–H groups in total. The van der Waals surface area contributed by atoms with Crippen LogP contribution in [0.4, 0.5) is 5.82 Å². The summed E-state index contributed by atoms with van der Waals surface area (Å²) in [5.74, 6) is 0.809. The van der Waals surface area contributed by atoms with Gasteiger partial charge in [-0.25, -0.2) is 4.98 Å². The molecule has 20 heavy (non-hydrogen) atoms. The quantitative estimate of drug-likeness (QED) is 0.769. The van der Waals surface area contributed by atoms with Crippen LogP contribution in [-0.2, 0) is 5.54 Å². The van der Waals surface area contributed by atoms with Gasteiger partial charge in [-0.3, -0.25) is 0 Å². The van der Waals surface area contributed by atoms with Crippen molar-refractivity contribution in [2.45, 2.75) is 12.5 Å². The van der Waals surface area contributed by atoms with Gasteiger partial charge in [-0.15, -0.1) is 11.3 Å². The summed E-state index contributed by atoms with van der Waals surface area (Å²) in [5.41, 5.74) is 0.487. The molecule has 0 saturated heterocycles. The number of nitrogens with zero attached hydrogens (tertiary/aromatic N) is 1. The Hall–Kier alpha value is -1.91. The molecule has 1 unspecified atom stereocenters. The molecule has 0 radical (unpaired) electrons. The first-order valence-corrected chi connectivity index (χ1v) is 7.38. The summed E-state index contributed by atoms with van der Waals surface area (Å²) in [6.07, 6.45) is 1.80. The predicted octanol–water partition coefficient (Wildman–Crippen LogP) is 3.62. The van der Waals surface area contributed by atoms with Crippen LogP contribution in [-0.4, -0.2) is 16.7 Å². The Labute approximate surface area is 121 Å². The normalized spacial score (nSPS) is 14.1. The van der Waals surface area contributed by atoms with Crippen LogP contribution in [0, 0.1) is 0 Å². The van der Waals surface area contributed by atoms with Crippen molar-refractivity contribution in [2.75, 3.05) is 11.9 Å². The third-order valence-corrected chi connectivity index (χ3v) is 4.38. The number of aliphatic hydroxyl groups excluding tert-OH is 1. The van der Waals surface area contributed by atoms with Gasteiger partial charge in [0.25, 0.3) is 0 Å². The van der Waals surface area contributed by atoms with Crippen LogP contribution in [0.1, 0.15) is 12.5 Å². The summed E-state index contributed by atoms with van der Waals surface area (Å²) in [5, 5.41) is 16.4. The van der Waals surface area contributed by atoms with E-state index in [0.29, 0.717) is 0 Å². The highest BCUT2D eigenvalue weighted by atomic mass is 32.1. The van der Waals surface area contributed by atoms with Crippen LogP contribution >= 0.6 is 11.3 Å². The van der Waals surface area contributed by atoms with Gasteiger partial charge in [0, 0.05) is 16.3 Å². The number of thiophene rings is 1. The van der Waals surface area contributed by atoms with Crippen molar-refractivity contribution < 1.29 is 5.11 Å². The topological polar surface area (TPSA) is 45.1 Å². The molecule has 0 spiro atoms. The van der Waals surface area contributed by atoms with Gasteiger partial charge in [-0.2, -0.15) is 0 Å². The number of nitrogens with one attached hydrogen (secondary N) is 1. The van der Waals surface area contributed by atoms with Crippen LogP contribution < -0.4 is 5.32 Å². The van der Waals surface area contributed by atoms with E-state index in [9.17, 15) is 5.11 Å². The zero-order valence-corrected chi connectivity index (χ0v) is 12.0. The molecular formula is C16H16N2OS. The maximum absolute atomic E-state index is 9.84. The minimum atomic E-state index is -0.551. The fourth-order valence-corrected chi connectivity index (χ4v) is 3.05. The second-order valence-electron chi connectivity index (χ2n) is 4.97. The van der Waals surface area contributed by atoms with E-state index in [1.807, 2.05) is 43.3 Å². The van der Waals surface area contributed by atoms with Crippen LogP contribution in [0.3, 0.4) is 0 Å². The van der Waals surface area contributed by atoms with Crippen molar-refractivity contribution >= 4 is 27.2 Å². The summed E-state index contributed by atoms with van der Waals surface area (Å²) in [6, 6.07) is 14.0. The van der Waals surface area contributed by atoms with Crippen molar-refractivity contribution in [2.24, 2.45) is 0 Å². The van der Waals surface area contributed by atoms with Crippen LogP contribution in [0.25, 0.3) is 10.1 Å². The summed E-state index contributed by atoms with van der Waals surface area (Å²) in [6.45, 7) is 1.98. The molecule has 3 aromatic rings. The lowest BCUT2D eigenvalue weighted by molar-refractivity contribution is 0.224. The minimum Gasteiger partial charge on any atom is -0.394 e. The molecule has 3 rings (SSSR count). The second-order valence-corrected chi connectivity index (χ2v) is 5.92. The molecule has 0 amide bonds. The third-order valence-electron chi connectivity index (χ3n) is 3.50. The van der Waals surface area contributed by atoms with E-state index < -0.39 is 5.54 Å². The van der Waals surface area contributed by atoms with Gasteiger partial charge in [-0.1, -0.05) is 30.3 Å². The van der Waals surface area contributed by atoms with Crippen molar-refractivity contribution in [3.8, 4) is 0 Å². The molecule has 4 heteroatoms. The molecule has 0 fully saturated rings. The molecular weight excluding hydrogens is 268 g/mol. The Kier molecular flexibility index (Phi) is 3.42. The Bertz CT molecular complexity index is 711. The number of rotatable bonds is 4. The number of anilines is 1. The number of hydrogen-bond acceptors (Lipinski definition) is 4. The van der Waals surface area contributed by atoms with E-state index >= 15 is 0 Å². The van der Waals surface area contributed by atoms with E-state index in [4.69, 9.17) is 0 Å². The number of fused-ring (bicyclic) bond motifs is 1. The lowest BCUT2D eigenvalue weighted by Crippen LogP contribution is -2.36. The first-order valence-electron chi connectivity index (χ1n) is 6.50. The molecule has 0 aliphatic carbocycles. The van der Waals surface area contributed by atoms with Crippen molar-refractivity contribution in [3.05, 3.63) is 59.6 Å². The van der Waals surface area contributed by atoms with Gasteiger partial charge in [0.1, 0.15) is 5.82 Å². The van der Waals surface area contributed by atoms with Gasteiger partial charge < -0.3 is 10.4 Å². The summed E-state index contributed by atoms with van der Waals surface area (Å²) >= 11 is 1.69. The Morgan fingerprint density at radius 1 is 1.20 bits per heavy atom. The number of aromatic nitrogens is 1. The molecule has 0 bridgehead atoms. The van der Waals surface area contributed by atoms with Gasteiger partial charge in [0.2, 0.25) is 0 Å². The molecule has 3 nitrogen and oxygen atoms in total. The van der Waals surface area contributed by atoms with E-state index in [2.05, 4.69) is 21.7 Å². The molecule has 0 aliphatic heterocycles. The maximum atomic E-state index is 9.84. The predicted molar refractivity (Wildman–Crippen MR) is 84.1 cm³/mol. The summed E-state index contributed by atoms with van der Waals surface area (Å²) < 4.78 is 1.19. The van der Waals surface area contributed by atoms with E-state index in [-0.39, 0.29) is 6.61 Å². The highest BCUT2D eigenvalue weighted by Gasteiger charge is 2.26. The Morgan fingerprint density at radius 3 is 2.75 bits per heavy atom. The molecule has 1 atom stereocenters. The highest BCUT2D eigenvalue weighted by molar-refractivity contribution is 7.17. The third kappa shape index (κ3) is 2.28. The van der Waals surface area contributed by atoms with Crippen molar-refractivity contribution in [1.82, 2.24) is 4.98 Å². The number of benzene rings is 1. The van der Waals surface area contributed by atoms with E-state index in [1.54, 1.807) is 17.5 Å². The largest absolute Gasteiger partial charge is 0.394 e. The number of aliphatic hydroxyl groups is 1. The zero-order chi connectivity index (χ0) is 14.0. The molecule has 102 valence electrons. The van der Waals surface area contributed by atoms with Crippen LogP contribution in [0.2, 0.25) is 0 Å². The summed E-state index contributed by atoms with van der Waals surface area (Å²) in [7, 11) is 0. The van der Waals surface area contributed by atoms with Crippen LogP contribution in [0.15, 0.2) is 54.0 Å². The smallest absolute Gasteiger partial charge is 0.135 e. The average Bonchev–Trinajstić information content (AvgIpc) is 2.98. The molecule has 2 aromatic heterocycles. The second kappa shape index (κ2) is 5.23. The van der Waals surface area contributed by atoms with Crippen molar-refractivity contribution in [1.29, 1.82) is 0 Å². The maximum Gasteiger partial charge on any atom is 0.135 e. The molecule has 2 heterocycles. The molecule has 0 aliphatic rings. The zero-order valence-electron chi connectivity index (χ0n) is 11.2. The fourth-order valence-electron chi connectivity index (χ4n) is 2.26. The monoisotopic (exact) mass is 284 g/mol. The number of pyridine rings is 1. The first-order chi connectivity index (χ1) is 9.73. The van der Waals surface area contributed by atoms with E-state index in [0.717, 1.165) is 16.8 Å². The van der Waals surface area contributed by atoms with Crippen molar-refractivity contribution in [3.63, 3.8) is 0 Å². The Balaban J connectivity index is 2.01. The molecule has 1 aromatic carbocycles. The van der Waals surface area contributed by atoms with Gasteiger partial charge >= 0.3 is 0 Å². The van der Waals surface area contributed by atoms with Gasteiger partial charge in [0.15, 0.2) is 0 Å². The lowest BCUT2D eigenvalue weighted by atomic mass is 9.93. The fraction of sp³-hybridized carbons (Fsp3) is 0.188. The van der Waals surface area contributed by atoms with E-state index in [1.165, 1.54) is 4.70 Å². The minimum absolute atomic E-state index is 0.000776. The standard InChI is InChI=1S/C16H16N2OS/c1-16(11-19,12-5-3-2-4-6-12)18-15-13-8-10-20-14(13)7-9-17-15/h2-10,19H,11H2,1H3,(H,17,18). The van der Waals surface area contributed by atoms with Crippen LogP contribution in [0.5, 0.6) is 0 Å². The number of hydrogen-bond donors (Lipinski definition) is 2. The van der Waals surface area contributed by atoms with Gasteiger partial charge in [0.05, 0.1) is 12.1 Å². The SMILES string of the molecule is CC(CO)(Nc1nccc2sccc12)c1ccccc1.